The molecule has 0 saturated heterocycles. The summed E-state index contributed by atoms with van der Waals surface area (Å²) in [6.45, 7) is 4.19. The first-order chi connectivity index (χ1) is 6.70. The van der Waals surface area contributed by atoms with Gasteiger partial charge in [0.2, 0.25) is 0 Å². The molecule has 1 heterocycles. The number of hydrogen-bond acceptors (Lipinski definition) is 1. The third-order valence-corrected chi connectivity index (χ3v) is 2.69. The van der Waals surface area contributed by atoms with Crippen LogP contribution in [0.2, 0.25) is 5.02 Å². The number of pyridine rings is 1. The minimum absolute atomic E-state index is 0.769. The molecule has 0 unspecified atom stereocenters. The predicted molar refractivity (Wildman–Crippen MR) is 60.9 cm³/mol. The fourth-order valence-corrected chi connectivity index (χ4v) is 1.83. The van der Waals surface area contributed by atoms with Crippen LogP contribution in [-0.2, 0) is 6.42 Å². The van der Waals surface area contributed by atoms with Gasteiger partial charge in [-0.1, -0.05) is 18.5 Å². The lowest BCUT2D eigenvalue weighted by Crippen LogP contribution is -1.91. The fraction of sp³-hybridized carbons (Fsp3) is 0.250. The number of aryl methyl sites for hydroxylation is 2. The Bertz CT molecular complexity index is 477. The standard InChI is InChI=1S/C12H12ClN/c1-3-9-6-10-7-11(13)4-5-12(10)14-8(9)2/h4-7H,3H2,1-2H3. The van der Waals surface area contributed by atoms with Gasteiger partial charge in [0, 0.05) is 16.1 Å². The van der Waals surface area contributed by atoms with Crippen molar-refractivity contribution >= 4 is 22.5 Å². The van der Waals surface area contributed by atoms with Crippen molar-refractivity contribution in [1.82, 2.24) is 4.98 Å². The van der Waals surface area contributed by atoms with E-state index >= 15 is 0 Å². The summed E-state index contributed by atoms with van der Waals surface area (Å²) in [4.78, 5) is 4.53. The Kier molecular flexibility index (Phi) is 2.42. The molecule has 0 amide bonds. The van der Waals surface area contributed by atoms with Gasteiger partial charge in [-0.25, -0.2) is 0 Å². The molecule has 1 nitrogen and oxygen atoms in total. The predicted octanol–water partition coefficient (Wildman–Crippen LogP) is 3.76. The quantitative estimate of drug-likeness (QED) is 0.691. The zero-order valence-electron chi connectivity index (χ0n) is 8.34. The number of hydrogen-bond donors (Lipinski definition) is 0. The molecule has 1 aromatic carbocycles. The molecular formula is C12H12ClN. The molecule has 0 atom stereocenters. The van der Waals surface area contributed by atoms with Crippen molar-refractivity contribution in [1.29, 1.82) is 0 Å². The normalized spacial score (nSPS) is 10.8. The van der Waals surface area contributed by atoms with Gasteiger partial charge in [0.15, 0.2) is 0 Å². The molecule has 0 N–H and O–H groups in total. The smallest absolute Gasteiger partial charge is 0.0706 e. The number of nitrogens with zero attached hydrogens (tertiary/aromatic N) is 1. The molecule has 0 aliphatic rings. The minimum Gasteiger partial charge on any atom is -0.253 e. The van der Waals surface area contributed by atoms with Crippen LogP contribution in [0.15, 0.2) is 24.3 Å². The van der Waals surface area contributed by atoms with Crippen LogP contribution in [0.25, 0.3) is 10.9 Å². The highest BCUT2D eigenvalue weighted by Gasteiger charge is 2.01. The number of fused-ring (bicyclic) bond motifs is 1. The molecule has 2 rings (SSSR count). The zero-order chi connectivity index (χ0) is 10.1. The Morgan fingerprint density at radius 1 is 1.29 bits per heavy atom. The van der Waals surface area contributed by atoms with Crippen molar-refractivity contribution in [3.63, 3.8) is 0 Å². The Hall–Kier alpha value is -1.08. The molecule has 72 valence electrons. The van der Waals surface area contributed by atoms with Crippen LogP contribution in [0.1, 0.15) is 18.2 Å². The van der Waals surface area contributed by atoms with Crippen LogP contribution in [0.4, 0.5) is 0 Å². The average Bonchev–Trinajstić information content (AvgIpc) is 2.17. The topological polar surface area (TPSA) is 12.9 Å². The molecule has 0 aliphatic heterocycles. The second-order valence-electron chi connectivity index (χ2n) is 3.42. The van der Waals surface area contributed by atoms with Crippen LogP contribution in [0.5, 0.6) is 0 Å². The maximum absolute atomic E-state index is 5.93. The van der Waals surface area contributed by atoms with E-state index in [2.05, 4.69) is 18.0 Å². The Balaban J connectivity index is 2.73. The van der Waals surface area contributed by atoms with E-state index in [0.29, 0.717) is 0 Å². The van der Waals surface area contributed by atoms with Gasteiger partial charge in [0.25, 0.3) is 0 Å². The van der Waals surface area contributed by atoms with Crippen molar-refractivity contribution in [2.75, 3.05) is 0 Å². The average molecular weight is 206 g/mol. The molecule has 0 radical (unpaired) electrons. The molecule has 0 aliphatic carbocycles. The van der Waals surface area contributed by atoms with Gasteiger partial charge in [-0.15, -0.1) is 0 Å². The van der Waals surface area contributed by atoms with E-state index in [1.165, 1.54) is 5.56 Å². The number of rotatable bonds is 1. The van der Waals surface area contributed by atoms with Gasteiger partial charge in [-0.05, 0) is 43.2 Å². The van der Waals surface area contributed by atoms with E-state index in [-0.39, 0.29) is 0 Å². The molecule has 1 aromatic heterocycles. The molecule has 2 heteroatoms. The SMILES string of the molecule is CCc1cc2cc(Cl)ccc2nc1C. The lowest BCUT2D eigenvalue weighted by Gasteiger charge is -2.05. The number of aromatic nitrogens is 1. The van der Waals surface area contributed by atoms with Crippen molar-refractivity contribution in [2.45, 2.75) is 20.3 Å². The van der Waals surface area contributed by atoms with E-state index in [0.717, 1.165) is 28.0 Å². The molecule has 0 fully saturated rings. The summed E-state index contributed by atoms with van der Waals surface area (Å²) in [5, 5.41) is 1.89. The van der Waals surface area contributed by atoms with Crippen molar-refractivity contribution in [3.05, 3.63) is 40.5 Å². The number of benzene rings is 1. The second-order valence-corrected chi connectivity index (χ2v) is 3.86. The Morgan fingerprint density at radius 3 is 2.79 bits per heavy atom. The summed E-state index contributed by atoms with van der Waals surface area (Å²) in [6, 6.07) is 7.97. The van der Waals surface area contributed by atoms with Crippen molar-refractivity contribution in [2.24, 2.45) is 0 Å². The summed E-state index contributed by atoms with van der Waals surface area (Å²) in [5.74, 6) is 0. The lowest BCUT2D eigenvalue weighted by atomic mass is 10.1. The summed E-state index contributed by atoms with van der Waals surface area (Å²) in [5.41, 5.74) is 3.42. The molecular weight excluding hydrogens is 194 g/mol. The fourth-order valence-electron chi connectivity index (χ4n) is 1.65. The van der Waals surface area contributed by atoms with E-state index in [1.54, 1.807) is 0 Å². The van der Waals surface area contributed by atoms with Crippen molar-refractivity contribution < 1.29 is 0 Å². The summed E-state index contributed by atoms with van der Waals surface area (Å²) < 4.78 is 0. The first-order valence-corrected chi connectivity index (χ1v) is 5.14. The van der Waals surface area contributed by atoms with E-state index in [4.69, 9.17) is 11.6 Å². The largest absolute Gasteiger partial charge is 0.253 e. The first kappa shape index (κ1) is 9.47. The first-order valence-electron chi connectivity index (χ1n) is 4.76. The molecule has 0 bridgehead atoms. The second kappa shape index (κ2) is 3.58. The lowest BCUT2D eigenvalue weighted by molar-refractivity contribution is 1.07. The van der Waals surface area contributed by atoms with E-state index < -0.39 is 0 Å². The highest BCUT2D eigenvalue weighted by molar-refractivity contribution is 6.31. The van der Waals surface area contributed by atoms with Crippen molar-refractivity contribution in [3.8, 4) is 0 Å². The molecule has 14 heavy (non-hydrogen) atoms. The van der Waals surface area contributed by atoms with Gasteiger partial charge in [0.1, 0.15) is 0 Å². The third kappa shape index (κ3) is 1.60. The van der Waals surface area contributed by atoms with Crippen LogP contribution < -0.4 is 0 Å². The third-order valence-electron chi connectivity index (χ3n) is 2.45. The van der Waals surface area contributed by atoms with Crippen LogP contribution >= 0.6 is 11.6 Å². The Morgan fingerprint density at radius 2 is 2.07 bits per heavy atom. The Labute approximate surface area is 88.7 Å². The minimum atomic E-state index is 0.769. The highest BCUT2D eigenvalue weighted by atomic mass is 35.5. The zero-order valence-corrected chi connectivity index (χ0v) is 9.10. The summed E-state index contributed by atoms with van der Waals surface area (Å²) in [6.07, 6.45) is 1.02. The number of halogens is 1. The van der Waals surface area contributed by atoms with E-state index in [1.807, 2.05) is 25.1 Å². The molecule has 0 spiro atoms. The van der Waals surface area contributed by atoms with Gasteiger partial charge < -0.3 is 0 Å². The summed E-state index contributed by atoms with van der Waals surface area (Å²) >= 11 is 5.93. The van der Waals surface area contributed by atoms with Gasteiger partial charge >= 0.3 is 0 Å². The van der Waals surface area contributed by atoms with Gasteiger partial charge in [0.05, 0.1) is 5.52 Å². The van der Waals surface area contributed by atoms with Crippen LogP contribution in [-0.4, -0.2) is 4.98 Å². The highest BCUT2D eigenvalue weighted by Crippen LogP contribution is 2.20. The van der Waals surface area contributed by atoms with Crippen LogP contribution in [0, 0.1) is 6.92 Å². The molecule has 0 saturated carbocycles. The van der Waals surface area contributed by atoms with Gasteiger partial charge in [-0.3, -0.25) is 4.98 Å². The summed E-state index contributed by atoms with van der Waals surface area (Å²) in [7, 11) is 0. The van der Waals surface area contributed by atoms with Crippen LogP contribution in [0.3, 0.4) is 0 Å². The monoisotopic (exact) mass is 205 g/mol. The van der Waals surface area contributed by atoms with E-state index in [9.17, 15) is 0 Å². The van der Waals surface area contributed by atoms with Gasteiger partial charge in [-0.2, -0.15) is 0 Å². The maximum Gasteiger partial charge on any atom is 0.0706 e. The maximum atomic E-state index is 5.93. The molecule has 2 aromatic rings.